The molecule has 4 nitrogen and oxygen atoms in total. The van der Waals surface area contributed by atoms with Crippen molar-refractivity contribution in [3.8, 4) is 5.75 Å². The minimum absolute atomic E-state index is 0.0181. The largest absolute Gasteiger partial charge is 0.497 e. The summed E-state index contributed by atoms with van der Waals surface area (Å²) in [5.41, 5.74) is 0.800. The van der Waals surface area contributed by atoms with Crippen LogP contribution in [0, 0.1) is 0 Å². The number of carbonyl (C=O) groups is 1. The van der Waals surface area contributed by atoms with Crippen LogP contribution in [0.25, 0.3) is 0 Å². The third kappa shape index (κ3) is 3.30. The lowest BCUT2D eigenvalue weighted by atomic mass is 10.3. The summed E-state index contributed by atoms with van der Waals surface area (Å²) in [5, 5.41) is 2.89. The van der Waals surface area contributed by atoms with Crippen molar-refractivity contribution in [3.63, 3.8) is 0 Å². The summed E-state index contributed by atoms with van der Waals surface area (Å²) in [6.07, 6.45) is 0. The molecule has 1 N–H and O–H groups in total. The van der Waals surface area contributed by atoms with E-state index in [-0.39, 0.29) is 6.03 Å². The third-order valence-electron chi connectivity index (χ3n) is 2.64. The summed E-state index contributed by atoms with van der Waals surface area (Å²) >= 11 is 1.89. The Morgan fingerprint density at radius 3 is 2.53 bits per heavy atom. The summed E-state index contributed by atoms with van der Waals surface area (Å²) in [6, 6.07) is 7.34. The SMILES string of the molecule is COc1ccc(NC(=O)N2CCSCC2)cc1. The topological polar surface area (TPSA) is 41.6 Å². The molecule has 0 saturated carbocycles. The van der Waals surface area contributed by atoms with E-state index in [2.05, 4.69) is 5.32 Å². The highest BCUT2D eigenvalue weighted by Crippen LogP contribution is 2.16. The van der Waals surface area contributed by atoms with Crippen LogP contribution in [0.15, 0.2) is 24.3 Å². The smallest absolute Gasteiger partial charge is 0.321 e. The highest BCUT2D eigenvalue weighted by Gasteiger charge is 2.16. The van der Waals surface area contributed by atoms with E-state index in [1.54, 1.807) is 7.11 Å². The van der Waals surface area contributed by atoms with Crippen LogP contribution < -0.4 is 10.1 Å². The van der Waals surface area contributed by atoms with Crippen LogP contribution in [0.2, 0.25) is 0 Å². The number of carbonyl (C=O) groups excluding carboxylic acids is 1. The molecule has 2 rings (SSSR count). The van der Waals surface area contributed by atoms with Gasteiger partial charge in [0.15, 0.2) is 0 Å². The minimum atomic E-state index is -0.0181. The molecule has 1 aliphatic heterocycles. The molecule has 0 aromatic heterocycles. The zero-order valence-corrected chi connectivity index (χ0v) is 10.6. The second-order valence-electron chi connectivity index (χ2n) is 3.76. The van der Waals surface area contributed by atoms with Crippen molar-refractivity contribution in [1.82, 2.24) is 4.90 Å². The predicted molar refractivity (Wildman–Crippen MR) is 70.9 cm³/mol. The molecule has 0 radical (unpaired) electrons. The van der Waals surface area contributed by atoms with Crippen LogP contribution in [0.3, 0.4) is 0 Å². The van der Waals surface area contributed by atoms with Crippen LogP contribution in [0.4, 0.5) is 10.5 Å². The number of rotatable bonds is 2. The first-order chi connectivity index (χ1) is 8.29. The maximum absolute atomic E-state index is 11.9. The Kier molecular flexibility index (Phi) is 4.14. The Morgan fingerprint density at radius 2 is 1.94 bits per heavy atom. The molecule has 1 saturated heterocycles. The van der Waals surface area contributed by atoms with Crippen LogP contribution in [-0.4, -0.2) is 42.6 Å². The Bertz CT molecular complexity index is 375. The van der Waals surface area contributed by atoms with Gasteiger partial charge in [-0.15, -0.1) is 0 Å². The molecule has 1 aliphatic rings. The second-order valence-corrected chi connectivity index (χ2v) is 4.98. The number of ether oxygens (including phenoxy) is 1. The molecule has 1 heterocycles. The monoisotopic (exact) mass is 252 g/mol. The lowest BCUT2D eigenvalue weighted by molar-refractivity contribution is 0.217. The number of urea groups is 1. The number of amides is 2. The Hall–Kier alpha value is -1.36. The van der Waals surface area contributed by atoms with Gasteiger partial charge in [-0.05, 0) is 24.3 Å². The van der Waals surface area contributed by atoms with Gasteiger partial charge in [0, 0.05) is 30.3 Å². The van der Waals surface area contributed by atoms with Gasteiger partial charge < -0.3 is 15.0 Å². The van der Waals surface area contributed by atoms with Gasteiger partial charge in [0.25, 0.3) is 0 Å². The molecule has 1 aromatic rings. The van der Waals surface area contributed by atoms with E-state index < -0.39 is 0 Å². The average molecular weight is 252 g/mol. The van der Waals surface area contributed by atoms with Crippen LogP contribution in [0.5, 0.6) is 5.75 Å². The first kappa shape index (κ1) is 12.1. The number of nitrogens with zero attached hydrogens (tertiary/aromatic N) is 1. The van der Waals surface area contributed by atoms with Crippen LogP contribution in [-0.2, 0) is 0 Å². The third-order valence-corrected chi connectivity index (χ3v) is 3.58. The maximum atomic E-state index is 11.9. The number of benzene rings is 1. The van der Waals surface area contributed by atoms with Crippen molar-refractivity contribution in [2.45, 2.75) is 0 Å². The number of anilines is 1. The molecule has 17 heavy (non-hydrogen) atoms. The molecular weight excluding hydrogens is 236 g/mol. The maximum Gasteiger partial charge on any atom is 0.321 e. The van der Waals surface area contributed by atoms with E-state index in [1.165, 1.54) is 0 Å². The number of nitrogens with one attached hydrogen (secondary N) is 1. The van der Waals surface area contributed by atoms with Gasteiger partial charge in [0.2, 0.25) is 0 Å². The van der Waals surface area contributed by atoms with E-state index in [0.717, 1.165) is 36.0 Å². The molecule has 5 heteroatoms. The molecule has 1 fully saturated rings. The van der Waals surface area contributed by atoms with Gasteiger partial charge in [-0.3, -0.25) is 0 Å². The summed E-state index contributed by atoms with van der Waals surface area (Å²) in [4.78, 5) is 13.7. The normalized spacial score (nSPS) is 15.5. The molecule has 0 unspecified atom stereocenters. The zero-order valence-electron chi connectivity index (χ0n) is 9.81. The van der Waals surface area contributed by atoms with E-state index in [1.807, 2.05) is 40.9 Å². The standard InChI is InChI=1S/C12H16N2O2S/c1-16-11-4-2-10(3-5-11)13-12(15)14-6-8-17-9-7-14/h2-5H,6-9H2,1H3,(H,13,15). The van der Waals surface area contributed by atoms with Gasteiger partial charge >= 0.3 is 6.03 Å². The average Bonchev–Trinajstić information content (AvgIpc) is 2.40. The quantitative estimate of drug-likeness (QED) is 0.878. The van der Waals surface area contributed by atoms with Gasteiger partial charge in [0.1, 0.15) is 5.75 Å². The Labute approximate surface area is 105 Å². The molecule has 0 spiro atoms. The Morgan fingerprint density at radius 1 is 1.29 bits per heavy atom. The van der Waals surface area contributed by atoms with Crippen LogP contribution >= 0.6 is 11.8 Å². The Balaban J connectivity index is 1.92. The van der Waals surface area contributed by atoms with Crippen LogP contribution in [0.1, 0.15) is 0 Å². The van der Waals surface area contributed by atoms with Crippen molar-refractivity contribution in [2.24, 2.45) is 0 Å². The summed E-state index contributed by atoms with van der Waals surface area (Å²) < 4.78 is 5.06. The fourth-order valence-corrected chi connectivity index (χ4v) is 2.55. The minimum Gasteiger partial charge on any atom is -0.497 e. The van der Waals surface area contributed by atoms with Gasteiger partial charge in [-0.1, -0.05) is 0 Å². The lowest BCUT2D eigenvalue weighted by Gasteiger charge is -2.26. The molecule has 0 aliphatic carbocycles. The fraction of sp³-hybridized carbons (Fsp3) is 0.417. The van der Waals surface area contributed by atoms with Crippen molar-refractivity contribution in [2.75, 3.05) is 37.0 Å². The molecule has 1 aromatic carbocycles. The first-order valence-electron chi connectivity index (χ1n) is 5.57. The number of methoxy groups -OCH3 is 1. The van der Waals surface area contributed by atoms with Crippen molar-refractivity contribution >= 4 is 23.5 Å². The predicted octanol–water partition coefficient (Wildman–Crippen LogP) is 2.28. The van der Waals surface area contributed by atoms with E-state index in [4.69, 9.17) is 4.74 Å². The molecule has 92 valence electrons. The van der Waals surface area contributed by atoms with E-state index in [9.17, 15) is 4.79 Å². The molecule has 0 atom stereocenters. The lowest BCUT2D eigenvalue weighted by Crippen LogP contribution is -2.40. The fourth-order valence-electron chi connectivity index (χ4n) is 1.64. The van der Waals surface area contributed by atoms with Gasteiger partial charge in [0.05, 0.1) is 7.11 Å². The van der Waals surface area contributed by atoms with Crippen molar-refractivity contribution in [3.05, 3.63) is 24.3 Å². The van der Waals surface area contributed by atoms with E-state index >= 15 is 0 Å². The zero-order chi connectivity index (χ0) is 12.1. The highest BCUT2D eigenvalue weighted by molar-refractivity contribution is 7.99. The highest BCUT2D eigenvalue weighted by atomic mass is 32.2. The molecule has 2 amide bonds. The van der Waals surface area contributed by atoms with Crippen molar-refractivity contribution in [1.29, 1.82) is 0 Å². The number of hydrogen-bond donors (Lipinski definition) is 1. The number of thioether (sulfide) groups is 1. The first-order valence-corrected chi connectivity index (χ1v) is 6.73. The molecule has 0 bridgehead atoms. The molecular formula is C12H16N2O2S. The summed E-state index contributed by atoms with van der Waals surface area (Å²) in [5.74, 6) is 2.84. The van der Waals surface area contributed by atoms with Gasteiger partial charge in [-0.2, -0.15) is 11.8 Å². The van der Waals surface area contributed by atoms with E-state index in [0.29, 0.717) is 0 Å². The summed E-state index contributed by atoms with van der Waals surface area (Å²) in [6.45, 7) is 1.65. The number of hydrogen-bond acceptors (Lipinski definition) is 3. The summed E-state index contributed by atoms with van der Waals surface area (Å²) in [7, 11) is 1.62. The van der Waals surface area contributed by atoms with Gasteiger partial charge in [-0.25, -0.2) is 4.79 Å². The second kappa shape index (κ2) is 5.82. The van der Waals surface area contributed by atoms with Crippen molar-refractivity contribution < 1.29 is 9.53 Å².